The van der Waals surface area contributed by atoms with E-state index in [0.717, 1.165) is 25.0 Å². The van der Waals surface area contributed by atoms with E-state index in [9.17, 15) is 14.4 Å². The van der Waals surface area contributed by atoms with Gasteiger partial charge in [0.25, 0.3) is 0 Å². The Labute approximate surface area is 167 Å². The lowest BCUT2D eigenvalue weighted by Gasteiger charge is -2.26. The third-order valence-corrected chi connectivity index (χ3v) is 5.00. The molecule has 0 bridgehead atoms. The number of carbonyl (C=O) groups excluding carboxylic acids is 3. The minimum Gasteiger partial charge on any atom is -0.458 e. The lowest BCUT2D eigenvalue weighted by molar-refractivity contribution is -0.157. The smallest absolute Gasteiger partial charge is 0.408 e. The fourth-order valence-electron chi connectivity index (χ4n) is 2.48. The van der Waals surface area contributed by atoms with E-state index in [2.05, 4.69) is 5.32 Å². The third kappa shape index (κ3) is 10.6. The van der Waals surface area contributed by atoms with Crippen molar-refractivity contribution >= 4 is 29.6 Å². The molecule has 1 aliphatic rings. The van der Waals surface area contributed by atoms with Crippen molar-refractivity contribution in [1.29, 1.82) is 0 Å². The summed E-state index contributed by atoms with van der Waals surface area (Å²) in [6, 6.07) is -0.770. The largest absolute Gasteiger partial charge is 0.458 e. The van der Waals surface area contributed by atoms with E-state index in [1.54, 1.807) is 53.3 Å². The molecular formula is C20H35NO5S. The number of alkyl carbamates (subject to hydrolysis) is 1. The number of hydrogen-bond acceptors (Lipinski definition) is 6. The number of esters is 1. The predicted molar refractivity (Wildman–Crippen MR) is 108 cm³/mol. The Hall–Kier alpha value is -1.24. The van der Waals surface area contributed by atoms with Crippen LogP contribution in [-0.2, 0) is 19.1 Å². The number of ether oxygens (including phenoxy) is 2. The van der Waals surface area contributed by atoms with E-state index in [0.29, 0.717) is 24.4 Å². The SMILES string of the molecule is CC(C)(C)OC(=O)N[C@@H](CCSCCC(=O)C1CCC1)C(=O)OC(C)(C)C. The molecule has 0 heterocycles. The van der Waals surface area contributed by atoms with Crippen molar-refractivity contribution < 1.29 is 23.9 Å². The first-order valence-corrected chi connectivity index (χ1v) is 10.9. The molecule has 1 atom stereocenters. The molecular weight excluding hydrogens is 366 g/mol. The molecule has 0 aliphatic heterocycles. The lowest BCUT2D eigenvalue weighted by Crippen LogP contribution is -2.46. The molecule has 1 rings (SSSR count). The highest BCUT2D eigenvalue weighted by Crippen LogP contribution is 2.28. The number of nitrogens with one attached hydrogen (secondary N) is 1. The Bertz CT molecular complexity index is 517. The molecule has 1 aliphatic carbocycles. The van der Waals surface area contributed by atoms with Crippen LogP contribution < -0.4 is 5.32 Å². The molecule has 1 saturated carbocycles. The highest BCUT2D eigenvalue weighted by atomic mass is 32.2. The van der Waals surface area contributed by atoms with Crippen LogP contribution >= 0.6 is 11.8 Å². The van der Waals surface area contributed by atoms with Gasteiger partial charge in [-0.15, -0.1) is 0 Å². The number of rotatable bonds is 9. The maximum Gasteiger partial charge on any atom is 0.408 e. The Morgan fingerprint density at radius 1 is 1.00 bits per heavy atom. The van der Waals surface area contributed by atoms with E-state index >= 15 is 0 Å². The standard InChI is InChI=1S/C20H35NO5S/c1-19(2,3)25-17(23)15(21-18(24)26-20(4,5)6)10-12-27-13-11-16(22)14-8-7-9-14/h14-15H,7-13H2,1-6H3,(H,21,24)/t15-/m0/s1. The van der Waals surface area contributed by atoms with Crippen LogP contribution in [-0.4, -0.2) is 46.6 Å². The first-order chi connectivity index (χ1) is 12.4. The van der Waals surface area contributed by atoms with Gasteiger partial charge in [0.2, 0.25) is 0 Å². The van der Waals surface area contributed by atoms with Gasteiger partial charge in [0.15, 0.2) is 0 Å². The van der Waals surface area contributed by atoms with E-state index in [1.807, 2.05) is 0 Å². The first kappa shape index (κ1) is 23.8. The minimum atomic E-state index is -0.770. The van der Waals surface area contributed by atoms with E-state index in [1.165, 1.54) is 0 Å². The summed E-state index contributed by atoms with van der Waals surface area (Å²) in [6.07, 6.45) is 3.59. The third-order valence-electron chi connectivity index (χ3n) is 3.99. The van der Waals surface area contributed by atoms with Crippen molar-refractivity contribution in [2.24, 2.45) is 5.92 Å². The Balaban J connectivity index is 2.45. The molecule has 0 spiro atoms. The van der Waals surface area contributed by atoms with Crippen molar-refractivity contribution in [2.75, 3.05) is 11.5 Å². The second-order valence-corrected chi connectivity index (χ2v) is 10.2. The molecule has 0 aromatic carbocycles. The Morgan fingerprint density at radius 3 is 2.07 bits per heavy atom. The van der Waals surface area contributed by atoms with Crippen molar-refractivity contribution in [3.8, 4) is 0 Å². The number of ketones is 1. The fourth-order valence-corrected chi connectivity index (χ4v) is 3.43. The molecule has 27 heavy (non-hydrogen) atoms. The molecule has 156 valence electrons. The average molecular weight is 402 g/mol. The van der Waals surface area contributed by atoms with Gasteiger partial charge in [-0.05, 0) is 66.6 Å². The highest BCUT2D eigenvalue weighted by Gasteiger charge is 2.28. The molecule has 0 radical (unpaired) electrons. The second-order valence-electron chi connectivity index (χ2n) is 8.98. The van der Waals surface area contributed by atoms with E-state index in [-0.39, 0.29) is 5.92 Å². The summed E-state index contributed by atoms with van der Waals surface area (Å²) >= 11 is 1.62. The van der Waals surface area contributed by atoms with Crippen LogP contribution in [0.2, 0.25) is 0 Å². The van der Waals surface area contributed by atoms with Crippen LogP contribution in [0.5, 0.6) is 0 Å². The van der Waals surface area contributed by atoms with Crippen LogP contribution in [0.15, 0.2) is 0 Å². The molecule has 7 heteroatoms. The van der Waals surface area contributed by atoms with Crippen LogP contribution in [0.3, 0.4) is 0 Å². The topological polar surface area (TPSA) is 81.7 Å². The van der Waals surface area contributed by atoms with Crippen molar-refractivity contribution in [3.05, 3.63) is 0 Å². The molecule has 0 aromatic heterocycles. The first-order valence-electron chi connectivity index (χ1n) is 9.70. The monoisotopic (exact) mass is 401 g/mol. The van der Waals surface area contributed by atoms with Gasteiger partial charge in [-0.2, -0.15) is 11.8 Å². The normalized spacial score (nSPS) is 16.2. The predicted octanol–water partition coefficient (Wildman–Crippen LogP) is 4.10. The zero-order valence-corrected chi connectivity index (χ0v) is 18.4. The van der Waals surface area contributed by atoms with Crippen LogP contribution in [0.4, 0.5) is 4.79 Å². The van der Waals surface area contributed by atoms with Crippen LogP contribution in [0, 0.1) is 5.92 Å². The van der Waals surface area contributed by atoms with Crippen LogP contribution in [0.1, 0.15) is 73.6 Å². The molecule has 0 saturated heterocycles. The number of Topliss-reactive ketones (excluding diaryl/α,β-unsaturated/α-hetero) is 1. The zero-order chi connectivity index (χ0) is 20.7. The number of carbonyl (C=O) groups is 3. The molecule has 1 N–H and O–H groups in total. The zero-order valence-electron chi connectivity index (χ0n) is 17.6. The molecule has 0 aromatic rings. The van der Waals surface area contributed by atoms with Gasteiger partial charge in [-0.3, -0.25) is 4.79 Å². The second kappa shape index (κ2) is 10.3. The number of amides is 1. The van der Waals surface area contributed by atoms with Gasteiger partial charge in [-0.25, -0.2) is 9.59 Å². The highest BCUT2D eigenvalue weighted by molar-refractivity contribution is 7.99. The van der Waals surface area contributed by atoms with Gasteiger partial charge in [0, 0.05) is 18.1 Å². The molecule has 1 fully saturated rings. The van der Waals surface area contributed by atoms with E-state index < -0.39 is 29.3 Å². The van der Waals surface area contributed by atoms with Crippen molar-refractivity contribution in [3.63, 3.8) is 0 Å². The summed E-state index contributed by atoms with van der Waals surface area (Å²) in [4.78, 5) is 36.4. The van der Waals surface area contributed by atoms with Crippen molar-refractivity contribution in [2.45, 2.75) is 90.9 Å². The molecule has 0 unspecified atom stereocenters. The maximum absolute atomic E-state index is 12.4. The minimum absolute atomic E-state index is 0.272. The van der Waals surface area contributed by atoms with Crippen LogP contribution in [0.25, 0.3) is 0 Å². The summed E-state index contributed by atoms with van der Waals surface area (Å²) in [6.45, 7) is 10.7. The van der Waals surface area contributed by atoms with E-state index in [4.69, 9.17) is 9.47 Å². The quantitative estimate of drug-likeness (QED) is 0.463. The maximum atomic E-state index is 12.4. The van der Waals surface area contributed by atoms with Gasteiger partial charge in [-0.1, -0.05) is 6.42 Å². The summed E-state index contributed by atoms with van der Waals surface area (Å²) in [7, 11) is 0. The number of hydrogen-bond donors (Lipinski definition) is 1. The van der Waals surface area contributed by atoms with Gasteiger partial charge < -0.3 is 14.8 Å². The summed E-state index contributed by atoms with van der Waals surface area (Å²) < 4.78 is 10.7. The summed E-state index contributed by atoms with van der Waals surface area (Å²) in [5.41, 5.74) is -1.27. The Morgan fingerprint density at radius 2 is 1.59 bits per heavy atom. The molecule has 6 nitrogen and oxygen atoms in total. The van der Waals surface area contributed by atoms with Gasteiger partial charge >= 0.3 is 12.1 Å². The number of thioether (sulfide) groups is 1. The summed E-state index contributed by atoms with van der Waals surface area (Å²) in [5, 5.41) is 2.62. The van der Waals surface area contributed by atoms with Gasteiger partial charge in [0.1, 0.15) is 23.0 Å². The lowest BCUT2D eigenvalue weighted by atomic mass is 9.81. The molecule has 1 amide bonds. The fraction of sp³-hybridized carbons (Fsp3) is 0.850. The van der Waals surface area contributed by atoms with Crippen molar-refractivity contribution in [1.82, 2.24) is 5.32 Å². The Kier molecular flexibility index (Phi) is 9.12. The average Bonchev–Trinajstić information content (AvgIpc) is 2.39. The summed E-state index contributed by atoms with van der Waals surface area (Å²) in [5.74, 6) is 1.54. The van der Waals surface area contributed by atoms with Gasteiger partial charge in [0.05, 0.1) is 0 Å².